The van der Waals surface area contributed by atoms with E-state index >= 15 is 0 Å². The SMILES string of the molecule is COc1cc(Nc2nc(C(N)(S[N+](=O)[O-])SC(F)(Cl)Br)nc3nc[nH]c23)cc(OC)c1OC. The summed E-state index contributed by atoms with van der Waals surface area (Å²) in [4.78, 5) is 26.6. The van der Waals surface area contributed by atoms with Gasteiger partial charge >= 0.3 is 0 Å². The molecule has 0 aliphatic rings. The number of hydrogen-bond donors (Lipinski definition) is 3. The van der Waals surface area contributed by atoms with E-state index in [9.17, 15) is 14.5 Å². The summed E-state index contributed by atoms with van der Waals surface area (Å²) in [5.74, 6) is 0.955. The minimum Gasteiger partial charge on any atom is -0.493 e. The van der Waals surface area contributed by atoms with Gasteiger partial charge in [0.15, 0.2) is 28.8 Å². The summed E-state index contributed by atoms with van der Waals surface area (Å²) in [6.07, 6.45) is 1.35. The van der Waals surface area contributed by atoms with Crippen molar-refractivity contribution in [3.8, 4) is 17.2 Å². The largest absolute Gasteiger partial charge is 0.493 e. The van der Waals surface area contributed by atoms with Crippen LogP contribution in [0.25, 0.3) is 11.2 Å². The van der Waals surface area contributed by atoms with Gasteiger partial charge in [0.25, 0.3) is 15.3 Å². The Bertz CT molecular complexity index is 1160. The van der Waals surface area contributed by atoms with Crippen LogP contribution in [-0.4, -0.2) is 49.0 Å². The predicted octanol–water partition coefficient (Wildman–Crippen LogP) is 4.06. The summed E-state index contributed by atoms with van der Waals surface area (Å²) in [5.41, 5.74) is 7.09. The van der Waals surface area contributed by atoms with Crippen LogP contribution in [0, 0.1) is 10.1 Å². The first-order chi connectivity index (χ1) is 15.5. The van der Waals surface area contributed by atoms with Crippen LogP contribution >= 0.6 is 51.2 Å². The van der Waals surface area contributed by atoms with E-state index in [0.29, 0.717) is 28.5 Å². The third-order valence-electron chi connectivity index (χ3n) is 4.00. The van der Waals surface area contributed by atoms with Crippen LogP contribution in [0.4, 0.5) is 15.9 Å². The van der Waals surface area contributed by atoms with Crippen LogP contribution in [0.2, 0.25) is 0 Å². The van der Waals surface area contributed by atoms with Crippen LogP contribution in [-0.2, 0) is 4.20 Å². The first kappa shape index (κ1) is 25.4. The van der Waals surface area contributed by atoms with E-state index in [4.69, 9.17) is 31.5 Å². The Labute approximate surface area is 207 Å². The second kappa shape index (κ2) is 9.92. The highest BCUT2D eigenvalue weighted by Crippen LogP contribution is 2.52. The molecule has 0 bridgehead atoms. The van der Waals surface area contributed by atoms with Gasteiger partial charge in [-0.05, 0) is 27.7 Å². The fourth-order valence-electron chi connectivity index (χ4n) is 2.76. The predicted molar refractivity (Wildman–Crippen MR) is 128 cm³/mol. The molecule has 2 atom stereocenters. The Morgan fingerprint density at radius 3 is 2.42 bits per heavy atom. The number of imidazole rings is 1. The Kier molecular flexibility index (Phi) is 7.62. The maximum absolute atomic E-state index is 14.2. The van der Waals surface area contributed by atoms with Crippen molar-refractivity contribution in [1.29, 1.82) is 0 Å². The molecule has 0 radical (unpaired) electrons. The van der Waals surface area contributed by atoms with Gasteiger partial charge in [-0.25, -0.2) is 19.3 Å². The lowest BCUT2D eigenvalue weighted by atomic mass is 10.2. The summed E-state index contributed by atoms with van der Waals surface area (Å²) in [6.45, 7) is 0. The van der Waals surface area contributed by atoms with Crippen LogP contribution in [0.3, 0.4) is 0 Å². The summed E-state index contributed by atoms with van der Waals surface area (Å²) in [7, 11) is 4.39. The van der Waals surface area contributed by atoms with Gasteiger partial charge in [-0.1, -0.05) is 11.6 Å². The Hall–Kier alpha value is -2.27. The van der Waals surface area contributed by atoms with Crippen molar-refractivity contribution in [1.82, 2.24) is 19.9 Å². The van der Waals surface area contributed by atoms with Crippen molar-refractivity contribution in [2.75, 3.05) is 26.6 Å². The second-order valence-corrected chi connectivity index (χ2v) is 11.7. The number of rotatable bonds is 10. The Balaban J connectivity index is 2.13. The Morgan fingerprint density at radius 2 is 1.91 bits per heavy atom. The minimum absolute atomic E-state index is 0.0137. The summed E-state index contributed by atoms with van der Waals surface area (Å²) < 4.78 is 24.6. The summed E-state index contributed by atoms with van der Waals surface area (Å²) >= 11 is 8.33. The van der Waals surface area contributed by atoms with Crippen molar-refractivity contribution >= 4 is 73.9 Å². The molecular weight excluding hydrogens is 569 g/mol. The first-order valence-corrected chi connectivity index (χ1v) is 11.4. The zero-order valence-electron chi connectivity index (χ0n) is 17.1. The second-order valence-electron chi connectivity index (χ2n) is 6.07. The van der Waals surface area contributed by atoms with Crippen LogP contribution < -0.4 is 25.3 Å². The molecule has 0 aliphatic heterocycles. The number of hydrogen-bond acceptors (Lipinski definition) is 12. The van der Waals surface area contributed by atoms with Crippen molar-refractivity contribution < 1.29 is 22.9 Å². The molecule has 2 heterocycles. The van der Waals surface area contributed by atoms with E-state index < -0.39 is 11.9 Å². The minimum atomic E-state index is -2.63. The number of fused-ring (bicyclic) bond motifs is 1. The molecule has 3 rings (SSSR count). The van der Waals surface area contributed by atoms with E-state index in [1.54, 1.807) is 12.1 Å². The zero-order chi connectivity index (χ0) is 24.4. The van der Waals surface area contributed by atoms with E-state index in [-0.39, 0.29) is 41.0 Å². The number of alkyl halides is 3. The number of H-pyrrole nitrogens is 1. The molecular formula is C16H16BrClFN7O5S2. The number of nitrogens with zero attached hydrogens (tertiary/aromatic N) is 4. The average molecular weight is 585 g/mol. The Morgan fingerprint density at radius 1 is 1.27 bits per heavy atom. The van der Waals surface area contributed by atoms with Crippen molar-refractivity contribution in [2.24, 2.45) is 5.73 Å². The van der Waals surface area contributed by atoms with E-state index in [1.165, 1.54) is 27.7 Å². The number of ether oxygens (including phenoxy) is 3. The monoisotopic (exact) mass is 583 g/mol. The molecule has 0 fully saturated rings. The summed E-state index contributed by atoms with van der Waals surface area (Å²) in [6, 6.07) is 3.23. The maximum atomic E-state index is 14.2. The molecule has 0 aliphatic carbocycles. The number of methoxy groups -OCH3 is 3. The third kappa shape index (κ3) is 5.81. The molecule has 0 amide bonds. The molecule has 17 heteroatoms. The number of aromatic amines is 1. The molecule has 0 spiro atoms. The lowest BCUT2D eigenvalue weighted by Crippen LogP contribution is -2.35. The highest BCUT2D eigenvalue weighted by atomic mass is 79.9. The van der Waals surface area contributed by atoms with Gasteiger partial charge in [0, 0.05) is 17.8 Å². The lowest BCUT2D eigenvalue weighted by Gasteiger charge is -2.24. The van der Waals surface area contributed by atoms with Crippen molar-refractivity contribution in [3.05, 3.63) is 34.4 Å². The van der Waals surface area contributed by atoms with Crippen LogP contribution in [0.1, 0.15) is 5.82 Å². The standard InChI is InChI=1S/C16H16BrClFN7O5S2/c1-29-8-4-7(5-9(30-2)11(8)31-3)23-13-10-12(22-6-21-10)24-14(25-13)15(20,33-26(27)28)32-16(17,18)19/h4-6H,20H2,1-3H3,(H2,21,22,23,24,25). The van der Waals surface area contributed by atoms with Gasteiger partial charge in [-0.3, -0.25) is 15.8 Å². The molecule has 12 nitrogen and oxygen atoms in total. The van der Waals surface area contributed by atoms with Gasteiger partial charge in [0.2, 0.25) is 9.95 Å². The number of nitro groups is 1. The molecule has 3 aromatic rings. The highest BCUT2D eigenvalue weighted by Gasteiger charge is 2.48. The van der Waals surface area contributed by atoms with Gasteiger partial charge in [-0.2, -0.15) is 0 Å². The van der Waals surface area contributed by atoms with E-state index in [0.717, 1.165) is 0 Å². The number of benzene rings is 1. The number of aromatic nitrogens is 4. The van der Waals surface area contributed by atoms with Gasteiger partial charge in [0.05, 0.1) is 27.7 Å². The third-order valence-corrected chi connectivity index (χ3v) is 6.51. The average Bonchev–Trinajstić information content (AvgIpc) is 3.20. The van der Waals surface area contributed by atoms with Crippen molar-refractivity contribution in [2.45, 2.75) is 7.57 Å². The van der Waals surface area contributed by atoms with Gasteiger partial charge in [0.1, 0.15) is 9.85 Å². The van der Waals surface area contributed by atoms with Crippen LogP contribution in [0.15, 0.2) is 18.5 Å². The number of nitrogens with one attached hydrogen (secondary N) is 2. The number of anilines is 2. The van der Waals surface area contributed by atoms with E-state index in [2.05, 4.69) is 41.2 Å². The lowest BCUT2D eigenvalue weighted by molar-refractivity contribution is -0.285. The number of nitrogens with two attached hydrogens (primary N) is 1. The van der Waals surface area contributed by atoms with Gasteiger partial charge < -0.3 is 24.5 Å². The van der Waals surface area contributed by atoms with Gasteiger partial charge in [-0.15, -0.1) is 0 Å². The molecule has 178 valence electrons. The zero-order valence-corrected chi connectivity index (χ0v) is 21.1. The quantitative estimate of drug-likeness (QED) is 0.103. The number of halogens is 3. The number of thioether (sulfide) groups is 1. The smallest absolute Gasteiger partial charge is 0.287 e. The summed E-state index contributed by atoms with van der Waals surface area (Å²) in [5, 5.41) is 14.3. The topological polar surface area (TPSA) is 163 Å². The molecule has 2 unspecified atom stereocenters. The normalized spacial score (nSPS) is 14.9. The molecule has 0 saturated carbocycles. The molecule has 33 heavy (non-hydrogen) atoms. The first-order valence-electron chi connectivity index (χ1n) is 8.67. The fourth-order valence-corrected chi connectivity index (χ4v) is 5.94. The van der Waals surface area contributed by atoms with Crippen LogP contribution in [0.5, 0.6) is 17.2 Å². The van der Waals surface area contributed by atoms with E-state index in [1.807, 2.05) is 0 Å². The highest BCUT2D eigenvalue weighted by molar-refractivity contribution is 9.12. The molecule has 0 saturated heterocycles. The van der Waals surface area contributed by atoms with Crippen molar-refractivity contribution in [3.63, 3.8) is 0 Å². The molecule has 2 aromatic heterocycles. The maximum Gasteiger partial charge on any atom is 0.287 e. The fraction of sp³-hybridized carbons (Fsp3) is 0.312. The molecule has 4 N–H and O–H groups in total. The molecule has 1 aromatic carbocycles.